The van der Waals surface area contributed by atoms with Gasteiger partial charge in [-0.3, -0.25) is 4.68 Å². The number of aromatic nitrogens is 2. The molecule has 0 aliphatic rings. The highest BCUT2D eigenvalue weighted by Gasteiger charge is 2.14. The molecule has 2 unspecified atom stereocenters. The number of rotatable bonds is 4. The molecule has 0 amide bonds. The fourth-order valence-electron chi connectivity index (χ4n) is 1.69. The smallest absolute Gasteiger partial charge is 0.0968 e. The maximum atomic E-state index is 9.80. The SMILES string of the molecule is CC(N)C(O)c1cnn(Cc2ccccc2)c1.Cl. The van der Waals surface area contributed by atoms with Crippen LogP contribution in [0.1, 0.15) is 24.2 Å². The molecule has 4 nitrogen and oxygen atoms in total. The Kier molecular flexibility index (Phi) is 5.34. The second-order valence-electron chi connectivity index (χ2n) is 4.26. The highest BCUT2D eigenvalue weighted by molar-refractivity contribution is 5.85. The van der Waals surface area contributed by atoms with Gasteiger partial charge in [0.05, 0.1) is 18.8 Å². The van der Waals surface area contributed by atoms with Gasteiger partial charge in [0, 0.05) is 17.8 Å². The van der Waals surface area contributed by atoms with E-state index < -0.39 is 6.10 Å². The normalized spacial score (nSPS) is 13.7. The number of hydrogen-bond acceptors (Lipinski definition) is 3. The van der Waals surface area contributed by atoms with E-state index in [0.717, 1.165) is 5.56 Å². The average Bonchev–Trinajstić information content (AvgIpc) is 2.77. The monoisotopic (exact) mass is 267 g/mol. The lowest BCUT2D eigenvalue weighted by Crippen LogP contribution is -2.24. The van der Waals surface area contributed by atoms with Crippen molar-refractivity contribution in [3.8, 4) is 0 Å². The lowest BCUT2D eigenvalue weighted by atomic mass is 10.1. The highest BCUT2D eigenvalue weighted by Crippen LogP contribution is 2.14. The Morgan fingerprint density at radius 3 is 2.61 bits per heavy atom. The van der Waals surface area contributed by atoms with Crippen LogP contribution in [-0.2, 0) is 6.54 Å². The fourth-order valence-corrected chi connectivity index (χ4v) is 1.69. The number of hydrogen-bond donors (Lipinski definition) is 2. The minimum Gasteiger partial charge on any atom is -0.387 e. The Labute approximate surface area is 113 Å². The first kappa shape index (κ1) is 14.7. The molecule has 0 radical (unpaired) electrons. The van der Waals surface area contributed by atoms with Crippen molar-refractivity contribution in [1.29, 1.82) is 0 Å². The van der Waals surface area contributed by atoms with Crippen LogP contribution in [0.5, 0.6) is 0 Å². The van der Waals surface area contributed by atoms with Crippen LogP contribution in [0.15, 0.2) is 42.7 Å². The number of aliphatic hydroxyl groups excluding tert-OH is 1. The third-order valence-corrected chi connectivity index (χ3v) is 2.68. The summed E-state index contributed by atoms with van der Waals surface area (Å²) in [6.45, 7) is 2.48. The minimum absolute atomic E-state index is 0. The molecule has 18 heavy (non-hydrogen) atoms. The van der Waals surface area contributed by atoms with Crippen LogP contribution in [0, 0.1) is 0 Å². The van der Waals surface area contributed by atoms with Crippen LogP contribution < -0.4 is 5.73 Å². The maximum Gasteiger partial charge on any atom is 0.0968 e. The van der Waals surface area contributed by atoms with Gasteiger partial charge in [0.25, 0.3) is 0 Å². The second kappa shape index (κ2) is 6.54. The van der Waals surface area contributed by atoms with Crippen molar-refractivity contribution < 1.29 is 5.11 Å². The molecule has 0 bridgehead atoms. The summed E-state index contributed by atoms with van der Waals surface area (Å²) < 4.78 is 1.80. The summed E-state index contributed by atoms with van der Waals surface area (Å²) in [7, 11) is 0. The molecular formula is C13H18ClN3O. The van der Waals surface area contributed by atoms with Crippen molar-refractivity contribution in [3.05, 3.63) is 53.9 Å². The summed E-state index contributed by atoms with van der Waals surface area (Å²) >= 11 is 0. The van der Waals surface area contributed by atoms with Crippen molar-refractivity contribution in [2.45, 2.75) is 25.6 Å². The standard InChI is InChI=1S/C13H17N3O.ClH/c1-10(14)13(17)12-7-15-16(9-12)8-11-5-3-2-4-6-11;/h2-7,9-10,13,17H,8,14H2,1H3;1H. The molecule has 1 aromatic carbocycles. The lowest BCUT2D eigenvalue weighted by Gasteiger charge is -2.11. The first-order chi connectivity index (χ1) is 8.16. The zero-order valence-corrected chi connectivity index (χ0v) is 11.0. The van der Waals surface area contributed by atoms with E-state index in [0.29, 0.717) is 6.54 Å². The van der Waals surface area contributed by atoms with Crippen molar-refractivity contribution in [1.82, 2.24) is 9.78 Å². The van der Waals surface area contributed by atoms with Gasteiger partial charge in [0.15, 0.2) is 0 Å². The van der Waals surface area contributed by atoms with Gasteiger partial charge in [-0.2, -0.15) is 5.10 Å². The molecule has 0 saturated heterocycles. The minimum atomic E-state index is -0.653. The van der Waals surface area contributed by atoms with Crippen LogP contribution in [0.25, 0.3) is 0 Å². The number of halogens is 1. The Balaban J connectivity index is 0.00000162. The van der Waals surface area contributed by atoms with Gasteiger partial charge in [-0.25, -0.2) is 0 Å². The van der Waals surface area contributed by atoms with E-state index in [1.165, 1.54) is 5.56 Å². The van der Waals surface area contributed by atoms with Gasteiger partial charge < -0.3 is 10.8 Å². The van der Waals surface area contributed by atoms with Crippen LogP contribution in [-0.4, -0.2) is 20.9 Å². The third kappa shape index (κ3) is 3.57. The van der Waals surface area contributed by atoms with Gasteiger partial charge in [-0.15, -0.1) is 12.4 Å². The van der Waals surface area contributed by atoms with Crippen molar-refractivity contribution in [2.75, 3.05) is 0 Å². The van der Waals surface area contributed by atoms with E-state index in [1.807, 2.05) is 36.5 Å². The molecule has 0 aliphatic carbocycles. The molecule has 0 fully saturated rings. The highest BCUT2D eigenvalue weighted by atomic mass is 35.5. The number of nitrogens with zero attached hydrogens (tertiary/aromatic N) is 2. The van der Waals surface area contributed by atoms with Gasteiger partial charge >= 0.3 is 0 Å². The number of benzene rings is 1. The van der Waals surface area contributed by atoms with E-state index in [1.54, 1.807) is 17.8 Å². The van der Waals surface area contributed by atoms with E-state index in [-0.39, 0.29) is 18.4 Å². The first-order valence-corrected chi connectivity index (χ1v) is 5.67. The van der Waals surface area contributed by atoms with Crippen LogP contribution in [0.2, 0.25) is 0 Å². The molecule has 2 rings (SSSR count). The predicted molar refractivity (Wildman–Crippen MR) is 73.6 cm³/mol. The summed E-state index contributed by atoms with van der Waals surface area (Å²) in [5, 5.41) is 14.0. The summed E-state index contributed by atoms with van der Waals surface area (Å²) in [5.74, 6) is 0. The summed E-state index contributed by atoms with van der Waals surface area (Å²) in [6, 6.07) is 9.78. The average molecular weight is 268 g/mol. The molecule has 2 atom stereocenters. The molecule has 5 heteroatoms. The third-order valence-electron chi connectivity index (χ3n) is 2.68. The second-order valence-corrected chi connectivity index (χ2v) is 4.26. The van der Waals surface area contributed by atoms with Crippen LogP contribution in [0.4, 0.5) is 0 Å². The predicted octanol–water partition coefficient (Wildman–Crippen LogP) is 1.73. The van der Waals surface area contributed by atoms with Crippen LogP contribution >= 0.6 is 12.4 Å². The van der Waals surface area contributed by atoms with E-state index in [9.17, 15) is 5.11 Å². The topological polar surface area (TPSA) is 64.1 Å². The van der Waals surface area contributed by atoms with Gasteiger partial charge in [-0.1, -0.05) is 30.3 Å². The van der Waals surface area contributed by atoms with E-state index in [2.05, 4.69) is 5.10 Å². The largest absolute Gasteiger partial charge is 0.387 e. The van der Waals surface area contributed by atoms with Crippen LogP contribution in [0.3, 0.4) is 0 Å². The Hall–Kier alpha value is -1.36. The number of aliphatic hydroxyl groups is 1. The summed E-state index contributed by atoms with van der Waals surface area (Å²) in [4.78, 5) is 0. The quantitative estimate of drug-likeness (QED) is 0.887. The molecule has 0 saturated carbocycles. The summed E-state index contributed by atoms with van der Waals surface area (Å²) in [5.41, 5.74) is 7.58. The molecule has 0 spiro atoms. The van der Waals surface area contributed by atoms with E-state index in [4.69, 9.17) is 5.73 Å². The van der Waals surface area contributed by atoms with Gasteiger partial charge in [-0.05, 0) is 12.5 Å². The van der Waals surface area contributed by atoms with Crippen molar-refractivity contribution in [3.63, 3.8) is 0 Å². The van der Waals surface area contributed by atoms with Gasteiger partial charge in [0.1, 0.15) is 0 Å². The molecular weight excluding hydrogens is 250 g/mol. The Morgan fingerprint density at radius 1 is 1.33 bits per heavy atom. The molecule has 1 heterocycles. The zero-order valence-electron chi connectivity index (χ0n) is 10.2. The molecule has 0 aliphatic heterocycles. The zero-order chi connectivity index (χ0) is 12.3. The maximum absolute atomic E-state index is 9.80. The van der Waals surface area contributed by atoms with Crippen molar-refractivity contribution in [2.24, 2.45) is 5.73 Å². The lowest BCUT2D eigenvalue weighted by molar-refractivity contribution is 0.153. The Morgan fingerprint density at radius 2 is 2.00 bits per heavy atom. The summed E-state index contributed by atoms with van der Waals surface area (Å²) in [6.07, 6.45) is 2.84. The van der Waals surface area contributed by atoms with Gasteiger partial charge in [0.2, 0.25) is 0 Å². The van der Waals surface area contributed by atoms with E-state index >= 15 is 0 Å². The molecule has 98 valence electrons. The molecule has 3 N–H and O–H groups in total. The Bertz CT molecular complexity index is 470. The number of nitrogens with two attached hydrogens (primary N) is 1. The molecule has 1 aromatic heterocycles. The first-order valence-electron chi connectivity index (χ1n) is 5.67. The fraction of sp³-hybridized carbons (Fsp3) is 0.308. The van der Waals surface area contributed by atoms with Crippen molar-refractivity contribution >= 4 is 12.4 Å². The molecule has 2 aromatic rings.